The standard InChI is InChI=1S/C18H16FN3O3/c1-25-12-6-4-5-11(9-12)17(24)22-18-20-15(10-16(23)21-18)13-7-2-3-8-14(13)19/h2-9,15H,10H2,1H3,(H2,20,21,22,23,24)/t15-/m1/s1. The summed E-state index contributed by atoms with van der Waals surface area (Å²) < 4.78 is 19.0. The predicted octanol–water partition coefficient (Wildman–Crippen LogP) is 2.18. The summed E-state index contributed by atoms with van der Waals surface area (Å²) in [6.45, 7) is 0. The van der Waals surface area contributed by atoms with E-state index < -0.39 is 17.8 Å². The molecule has 128 valence electrons. The Morgan fingerprint density at radius 2 is 2.08 bits per heavy atom. The summed E-state index contributed by atoms with van der Waals surface area (Å²) in [6.07, 6.45) is 0.0134. The van der Waals surface area contributed by atoms with Gasteiger partial charge >= 0.3 is 0 Å². The second-order valence-corrected chi connectivity index (χ2v) is 5.45. The summed E-state index contributed by atoms with van der Waals surface area (Å²) in [5.41, 5.74) is 0.662. The first-order valence-electron chi connectivity index (χ1n) is 7.64. The van der Waals surface area contributed by atoms with Crippen LogP contribution in [0.15, 0.2) is 53.5 Å². The molecule has 0 aliphatic carbocycles. The van der Waals surface area contributed by atoms with Crippen molar-refractivity contribution in [3.8, 4) is 5.75 Å². The number of carbonyl (C=O) groups excluding carboxylic acids is 2. The van der Waals surface area contributed by atoms with Crippen molar-refractivity contribution >= 4 is 17.8 Å². The smallest absolute Gasteiger partial charge is 0.258 e. The van der Waals surface area contributed by atoms with Crippen molar-refractivity contribution in [1.82, 2.24) is 10.6 Å². The number of aliphatic imine (C=N–C) groups is 1. The van der Waals surface area contributed by atoms with E-state index in [-0.39, 0.29) is 18.3 Å². The number of hydrogen-bond acceptors (Lipinski definition) is 4. The number of methoxy groups -OCH3 is 1. The molecule has 0 bridgehead atoms. The first kappa shape index (κ1) is 16.6. The molecule has 3 rings (SSSR count). The SMILES string of the molecule is COc1cccc(C(=O)NC2=N[C@@H](c3ccccc3F)CC(=O)N2)c1. The molecular formula is C18H16FN3O3. The largest absolute Gasteiger partial charge is 0.497 e. The van der Waals surface area contributed by atoms with Gasteiger partial charge in [0.2, 0.25) is 11.9 Å². The van der Waals surface area contributed by atoms with Crippen molar-refractivity contribution in [2.75, 3.05) is 7.11 Å². The van der Waals surface area contributed by atoms with Crippen LogP contribution in [0.1, 0.15) is 28.4 Å². The third kappa shape index (κ3) is 3.82. The van der Waals surface area contributed by atoms with Gasteiger partial charge in [0.05, 0.1) is 19.6 Å². The molecule has 2 N–H and O–H groups in total. The van der Waals surface area contributed by atoms with Crippen molar-refractivity contribution in [3.05, 3.63) is 65.5 Å². The normalized spacial score (nSPS) is 16.6. The number of nitrogens with one attached hydrogen (secondary N) is 2. The van der Waals surface area contributed by atoms with Crippen LogP contribution in [-0.4, -0.2) is 24.9 Å². The molecule has 0 aromatic heterocycles. The molecule has 0 fully saturated rings. The quantitative estimate of drug-likeness (QED) is 0.898. The lowest BCUT2D eigenvalue weighted by molar-refractivity contribution is -0.120. The van der Waals surface area contributed by atoms with E-state index >= 15 is 0 Å². The Morgan fingerprint density at radius 3 is 2.84 bits per heavy atom. The summed E-state index contributed by atoms with van der Waals surface area (Å²) in [5.74, 6) is -0.704. The predicted molar refractivity (Wildman–Crippen MR) is 89.8 cm³/mol. The zero-order valence-corrected chi connectivity index (χ0v) is 13.5. The lowest BCUT2D eigenvalue weighted by Crippen LogP contribution is -2.47. The van der Waals surface area contributed by atoms with E-state index in [2.05, 4.69) is 15.6 Å². The first-order chi connectivity index (χ1) is 12.1. The number of amides is 2. The van der Waals surface area contributed by atoms with Crippen LogP contribution in [0, 0.1) is 5.82 Å². The van der Waals surface area contributed by atoms with Gasteiger partial charge in [-0.25, -0.2) is 9.38 Å². The number of hydrogen-bond donors (Lipinski definition) is 2. The second-order valence-electron chi connectivity index (χ2n) is 5.45. The van der Waals surface area contributed by atoms with E-state index in [0.717, 1.165) is 0 Å². The Labute approximate surface area is 143 Å². The van der Waals surface area contributed by atoms with Crippen molar-refractivity contribution in [3.63, 3.8) is 0 Å². The second kappa shape index (κ2) is 7.12. The number of carbonyl (C=O) groups is 2. The van der Waals surface area contributed by atoms with Crippen LogP contribution in [-0.2, 0) is 4.79 Å². The summed E-state index contributed by atoms with van der Waals surface area (Å²) in [6, 6.07) is 12.0. The Balaban J connectivity index is 1.82. The third-order valence-corrected chi connectivity index (χ3v) is 3.75. The van der Waals surface area contributed by atoms with Gasteiger partial charge < -0.3 is 4.74 Å². The fourth-order valence-corrected chi connectivity index (χ4v) is 2.52. The molecule has 0 unspecified atom stereocenters. The van der Waals surface area contributed by atoms with Crippen LogP contribution in [0.25, 0.3) is 0 Å². The molecule has 1 aliphatic heterocycles. The molecule has 1 heterocycles. The van der Waals surface area contributed by atoms with E-state index in [1.54, 1.807) is 42.5 Å². The van der Waals surface area contributed by atoms with Gasteiger partial charge in [-0.05, 0) is 24.3 Å². The van der Waals surface area contributed by atoms with Gasteiger partial charge in [0.1, 0.15) is 11.6 Å². The monoisotopic (exact) mass is 341 g/mol. The molecule has 1 atom stereocenters. The van der Waals surface area contributed by atoms with Crippen LogP contribution in [0.4, 0.5) is 4.39 Å². The average Bonchev–Trinajstić information content (AvgIpc) is 2.61. The molecule has 0 radical (unpaired) electrons. The highest BCUT2D eigenvalue weighted by molar-refractivity contribution is 6.10. The molecular weight excluding hydrogens is 325 g/mol. The lowest BCUT2D eigenvalue weighted by Gasteiger charge is -2.21. The Kier molecular flexibility index (Phi) is 4.74. The van der Waals surface area contributed by atoms with Crippen LogP contribution in [0.5, 0.6) is 5.75 Å². The van der Waals surface area contributed by atoms with Gasteiger partial charge in [-0.1, -0.05) is 24.3 Å². The number of rotatable bonds is 3. The van der Waals surface area contributed by atoms with E-state index in [1.165, 1.54) is 13.2 Å². The van der Waals surface area contributed by atoms with Crippen molar-refractivity contribution < 1.29 is 18.7 Å². The molecule has 0 spiro atoms. The minimum Gasteiger partial charge on any atom is -0.497 e. The number of halogens is 1. The Morgan fingerprint density at radius 1 is 1.28 bits per heavy atom. The number of benzene rings is 2. The van der Waals surface area contributed by atoms with Crippen LogP contribution in [0.2, 0.25) is 0 Å². The first-order valence-corrected chi connectivity index (χ1v) is 7.64. The van der Waals surface area contributed by atoms with E-state index in [0.29, 0.717) is 16.9 Å². The van der Waals surface area contributed by atoms with E-state index in [9.17, 15) is 14.0 Å². The maximum Gasteiger partial charge on any atom is 0.258 e. The summed E-state index contributed by atoms with van der Waals surface area (Å²) in [5, 5.41) is 5.03. The van der Waals surface area contributed by atoms with Crippen LogP contribution >= 0.6 is 0 Å². The number of ether oxygens (including phenoxy) is 1. The topological polar surface area (TPSA) is 79.8 Å². The van der Waals surface area contributed by atoms with E-state index in [4.69, 9.17) is 4.74 Å². The molecule has 7 heteroatoms. The maximum atomic E-state index is 13.9. The molecule has 6 nitrogen and oxygen atoms in total. The van der Waals surface area contributed by atoms with Gasteiger partial charge in [0, 0.05) is 11.1 Å². The van der Waals surface area contributed by atoms with Gasteiger partial charge in [-0.2, -0.15) is 0 Å². The molecule has 1 aliphatic rings. The van der Waals surface area contributed by atoms with Gasteiger partial charge in [-0.15, -0.1) is 0 Å². The highest BCUT2D eigenvalue weighted by Crippen LogP contribution is 2.25. The molecule has 2 amide bonds. The molecule has 2 aromatic rings. The minimum absolute atomic E-state index is 0.00248. The molecule has 25 heavy (non-hydrogen) atoms. The highest BCUT2D eigenvalue weighted by atomic mass is 19.1. The zero-order valence-electron chi connectivity index (χ0n) is 13.5. The number of nitrogens with zero attached hydrogens (tertiary/aromatic N) is 1. The van der Waals surface area contributed by atoms with Crippen LogP contribution in [0.3, 0.4) is 0 Å². The minimum atomic E-state index is -0.685. The van der Waals surface area contributed by atoms with Crippen molar-refractivity contribution in [1.29, 1.82) is 0 Å². The fourth-order valence-electron chi connectivity index (χ4n) is 2.52. The zero-order chi connectivity index (χ0) is 17.8. The maximum absolute atomic E-state index is 13.9. The lowest BCUT2D eigenvalue weighted by atomic mass is 10.0. The van der Waals surface area contributed by atoms with E-state index in [1.807, 2.05) is 0 Å². The molecule has 0 saturated carbocycles. The molecule has 0 saturated heterocycles. The van der Waals surface area contributed by atoms with Crippen molar-refractivity contribution in [2.24, 2.45) is 4.99 Å². The Hall–Kier alpha value is -3.22. The van der Waals surface area contributed by atoms with Gasteiger partial charge in [-0.3, -0.25) is 20.2 Å². The highest BCUT2D eigenvalue weighted by Gasteiger charge is 2.25. The van der Waals surface area contributed by atoms with Gasteiger partial charge in [0.15, 0.2) is 0 Å². The average molecular weight is 341 g/mol. The van der Waals surface area contributed by atoms with Crippen molar-refractivity contribution in [2.45, 2.75) is 12.5 Å². The summed E-state index contributed by atoms with van der Waals surface area (Å²) in [7, 11) is 1.50. The number of guanidine groups is 1. The van der Waals surface area contributed by atoms with Gasteiger partial charge in [0.25, 0.3) is 5.91 Å². The third-order valence-electron chi connectivity index (χ3n) is 3.75. The summed E-state index contributed by atoms with van der Waals surface area (Å²) in [4.78, 5) is 28.5. The Bertz CT molecular complexity index is 851. The van der Waals surface area contributed by atoms with Crippen LogP contribution < -0.4 is 15.4 Å². The summed E-state index contributed by atoms with van der Waals surface area (Å²) >= 11 is 0. The molecule has 2 aromatic carbocycles. The fraction of sp³-hybridized carbons (Fsp3) is 0.167.